The molecule has 1 atom stereocenters. The number of rotatable bonds is 6. The van der Waals surface area contributed by atoms with Gasteiger partial charge in [-0.1, -0.05) is 18.2 Å². The third kappa shape index (κ3) is 4.77. The zero-order valence-electron chi connectivity index (χ0n) is 12.8. The van der Waals surface area contributed by atoms with Crippen molar-refractivity contribution in [3.8, 4) is 5.75 Å². The van der Waals surface area contributed by atoms with Crippen molar-refractivity contribution < 1.29 is 13.2 Å². The molecule has 122 valence electrons. The Bertz CT molecular complexity index is 730. The van der Waals surface area contributed by atoms with Crippen LogP contribution in [-0.4, -0.2) is 30.9 Å². The Morgan fingerprint density at radius 2 is 2.00 bits per heavy atom. The lowest BCUT2D eigenvalue weighted by atomic mass is 10.2. The van der Waals surface area contributed by atoms with E-state index in [1.165, 1.54) is 0 Å². The van der Waals surface area contributed by atoms with Crippen LogP contribution in [0.15, 0.2) is 48.8 Å². The molecule has 3 rings (SSSR count). The van der Waals surface area contributed by atoms with E-state index in [0.717, 1.165) is 16.9 Å². The van der Waals surface area contributed by atoms with Crippen molar-refractivity contribution in [2.75, 3.05) is 11.5 Å². The highest BCUT2D eigenvalue weighted by Gasteiger charge is 2.27. The molecule has 2 aromatic rings. The lowest BCUT2D eigenvalue weighted by Crippen LogP contribution is -2.29. The van der Waals surface area contributed by atoms with E-state index in [2.05, 4.69) is 10.3 Å². The fourth-order valence-electron chi connectivity index (χ4n) is 2.57. The molecule has 0 aliphatic carbocycles. The average molecular weight is 332 g/mol. The number of ether oxygens (including phenoxy) is 1. The largest absolute Gasteiger partial charge is 0.489 e. The van der Waals surface area contributed by atoms with Gasteiger partial charge in [0.15, 0.2) is 9.84 Å². The predicted molar refractivity (Wildman–Crippen MR) is 88.9 cm³/mol. The third-order valence-electron chi connectivity index (χ3n) is 3.88. The second-order valence-corrected chi connectivity index (χ2v) is 8.00. The van der Waals surface area contributed by atoms with Crippen LogP contribution in [0.5, 0.6) is 5.75 Å². The molecule has 1 aromatic heterocycles. The summed E-state index contributed by atoms with van der Waals surface area (Å²) in [4.78, 5) is 4.05. The van der Waals surface area contributed by atoms with Gasteiger partial charge in [0.25, 0.3) is 0 Å². The number of nitrogens with one attached hydrogen (secondary N) is 1. The first-order valence-electron chi connectivity index (χ1n) is 7.65. The zero-order chi connectivity index (χ0) is 16.1. The molecule has 6 heteroatoms. The molecular formula is C17H20N2O3S. The summed E-state index contributed by atoms with van der Waals surface area (Å²) < 4.78 is 28.6. The molecular weight excluding hydrogens is 312 g/mol. The van der Waals surface area contributed by atoms with Gasteiger partial charge in [0.2, 0.25) is 0 Å². The van der Waals surface area contributed by atoms with Crippen molar-refractivity contribution in [1.29, 1.82) is 0 Å². The quantitative estimate of drug-likeness (QED) is 0.875. The van der Waals surface area contributed by atoms with Crippen LogP contribution in [-0.2, 0) is 23.0 Å². The Labute approximate surface area is 136 Å². The molecule has 2 heterocycles. The summed E-state index contributed by atoms with van der Waals surface area (Å²) in [6.45, 7) is 1.16. The fraction of sp³-hybridized carbons (Fsp3) is 0.353. The Kier molecular flexibility index (Phi) is 4.93. The van der Waals surface area contributed by atoms with Gasteiger partial charge in [-0.2, -0.15) is 0 Å². The molecule has 0 radical (unpaired) electrons. The van der Waals surface area contributed by atoms with Crippen molar-refractivity contribution in [3.63, 3.8) is 0 Å². The second-order valence-electron chi connectivity index (χ2n) is 5.77. The Balaban J connectivity index is 1.47. The summed E-state index contributed by atoms with van der Waals surface area (Å²) in [5.74, 6) is 1.35. The maximum Gasteiger partial charge on any atom is 0.151 e. The summed E-state index contributed by atoms with van der Waals surface area (Å²) in [5.41, 5.74) is 2.14. The normalized spacial score (nSPS) is 19.6. The topological polar surface area (TPSA) is 68.3 Å². The van der Waals surface area contributed by atoms with Crippen LogP contribution < -0.4 is 10.1 Å². The molecule has 0 amide bonds. The summed E-state index contributed by atoms with van der Waals surface area (Å²) in [6, 6.07) is 11.8. The highest BCUT2D eigenvalue weighted by Crippen LogP contribution is 2.15. The van der Waals surface area contributed by atoms with Gasteiger partial charge in [0.1, 0.15) is 12.4 Å². The van der Waals surface area contributed by atoms with E-state index >= 15 is 0 Å². The van der Waals surface area contributed by atoms with E-state index in [-0.39, 0.29) is 11.8 Å². The van der Waals surface area contributed by atoms with Gasteiger partial charge in [-0.3, -0.25) is 4.98 Å². The molecule has 1 aromatic carbocycles. The van der Waals surface area contributed by atoms with E-state index < -0.39 is 9.84 Å². The molecule has 0 bridgehead atoms. The summed E-state index contributed by atoms with van der Waals surface area (Å²) in [5, 5.41) is 3.30. The van der Waals surface area contributed by atoms with Crippen molar-refractivity contribution >= 4 is 9.84 Å². The Hall–Kier alpha value is -1.92. The smallest absolute Gasteiger partial charge is 0.151 e. The minimum atomic E-state index is -2.83. The summed E-state index contributed by atoms with van der Waals surface area (Å²) >= 11 is 0. The fourth-order valence-corrected chi connectivity index (χ4v) is 4.28. The van der Waals surface area contributed by atoms with Crippen LogP contribution in [0.1, 0.15) is 17.5 Å². The van der Waals surface area contributed by atoms with Gasteiger partial charge >= 0.3 is 0 Å². The van der Waals surface area contributed by atoms with Crippen molar-refractivity contribution in [3.05, 3.63) is 59.9 Å². The number of hydrogen-bond donors (Lipinski definition) is 1. The zero-order valence-corrected chi connectivity index (χ0v) is 13.6. The number of hydrogen-bond acceptors (Lipinski definition) is 5. The maximum absolute atomic E-state index is 11.4. The Morgan fingerprint density at radius 1 is 1.17 bits per heavy atom. The minimum absolute atomic E-state index is 0.0708. The predicted octanol–water partition coefficient (Wildman–Crippen LogP) is 1.94. The molecule has 5 nitrogen and oxygen atoms in total. The number of nitrogens with zero attached hydrogens (tertiary/aromatic N) is 1. The molecule has 0 spiro atoms. The average Bonchev–Trinajstić information content (AvgIpc) is 2.92. The van der Waals surface area contributed by atoms with Gasteiger partial charge in [-0.25, -0.2) is 8.42 Å². The van der Waals surface area contributed by atoms with Crippen LogP contribution in [0.4, 0.5) is 0 Å². The van der Waals surface area contributed by atoms with Crippen molar-refractivity contribution in [2.24, 2.45) is 0 Å². The molecule has 0 unspecified atom stereocenters. The van der Waals surface area contributed by atoms with E-state index in [1.807, 2.05) is 36.4 Å². The molecule has 1 aliphatic rings. The minimum Gasteiger partial charge on any atom is -0.489 e. The van der Waals surface area contributed by atoms with Gasteiger partial charge in [-0.05, 0) is 30.2 Å². The number of pyridine rings is 1. The lowest BCUT2D eigenvalue weighted by Gasteiger charge is -2.11. The molecule has 0 saturated carbocycles. The first-order valence-corrected chi connectivity index (χ1v) is 9.47. The van der Waals surface area contributed by atoms with Crippen LogP contribution >= 0.6 is 0 Å². The lowest BCUT2D eigenvalue weighted by molar-refractivity contribution is 0.305. The van der Waals surface area contributed by atoms with E-state index in [4.69, 9.17) is 4.74 Å². The summed E-state index contributed by atoms with van der Waals surface area (Å²) in [6.07, 6.45) is 4.23. The van der Waals surface area contributed by atoms with E-state index in [9.17, 15) is 8.42 Å². The SMILES string of the molecule is O=S1(=O)CC[C@@H](NCc2ccc(OCc3cccnc3)cc2)C1. The van der Waals surface area contributed by atoms with Gasteiger partial charge < -0.3 is 10.1 Å². The first kappa shape index (κ1) is 16.0. The van der Waals surface area contributed by atoms with Crippen LogP contribution in [0.2, 0.25) is 0 Å². The van der Waals surface area contributed by atoms with Crippen LogP contribution in [0.3, 0.4) is 0 Å². The second kappa shape index (κ2) is 7.10. The highest BCUT2D eigenvalue weighted by molar-refractivity contribution is 7.91. The van der Waals surface area contributed by atoms with Crippen molar-refractivity contribution in [2.45, 2.75) is 25.6 Å². The summed E-state index contributed by atoms with van der Waals surface area (Å²) in [7, 11) is -2.83. The molecule has 1 saturated heterocycles. The van der Waals surface area contributed by atoms with Crippen LogP contribution in [0.25, 0.3) is 0 Å². The van der Waals surface area contributed by atoms with Crippen molar-refractivity contribution in [1.82, 2.24) is 10.3 Å². The number of benzene rings is 1. The molecule has 1 fully saturated rings. The monoisotopic (exact) mass is 332 g/mol. The number of aromatic nitrogens is 1. The standard InChI is InChI=1S/C17H20N2O3S/c20-23(21)9-7-16(13-23)19-11-14-3-5-17(6-4-14)22-12-15-2-1-8-18-10-15/h1-6,8,10,16,19H,7,9,11-13H2/t16-/m1/s1. The molecule has 1 aliphatic heterocycles. The maximum atomic E-state index is 11.4. The van der Waals surface area contributed by atoms with E-state index in [0.29, 0.717) is 25.3 Å². The van der Waals surface area contributed by atoms with Gasteiger partial charge in [0.05, 0.1) is 11.5 Å². The first-order chi connectivity index (χ1) is 11.1. The third-order valence-corrected chi connectivity index (χ3v) is 5.65. The highest BCUT2D eigenvalue weighted by atomic mass is 32.2. The van der Waals surface area contributed by atoms with Gasteiger partial charge in [-0.15, -0.1) is 0 Å². The van der Waals surface area contributed by atoms with Crippen LogP contribution in [0, 0.1) is 0 Å². The molecule has 1 N–H and O–H groups in total. The van der Waals surface area contributed by atoms with Gasteiger partial charge in [0, 0.05) is 30.5 Å². The molecule has 23 heavy (non-hydrogen) atoms. The number of sulfone groups is 1. The van der Waals surface area contributed by atoms with E-state index in [1.54, 1.807) is 12.4 Å². The Morgan fingerprint density at radius 3 is 2.65 bits per heavy atom.